The summed E-state index contributed by atoms with van der Waals surface area (Å²) in [4.78, 5) is 9.58. The maximum absolute atomic E-state index is 9.99. The molecule has 0 spiro atoms. The van der Waals surface area contributed by atoms with E-state index in [1.54, 1.807) is 12.1 Å². The van der Waals surface area contributed by atoms with Gasteiger partial charge in [0.1, 0.15) is 0 Å². The zero-order valence-electron chi connectivity index (χ0n) is 16.6. The van der Waals surface area contributed by atoms with E-state index in [-0.39, 0.29) is 0 Å². The van der Waals surface area contributed by atoms with E-state index >= 15 is 0 Å². The first kappa shape index (κ1) is 25.7. The first-order chi connectivity index (χ1) is 16.1. The standard InChI is InChI=1S/C22H6Br4N8/c1-31-21(32-2)17(25)13-5-11-12(6-14(13)18(26)22(21,33-3)34-4)16(24)20(9-29,10-30)19(7-27,8-28)15(11)23/h5-6,15-18H/t15-,16+,17-,18+. The van der Waals surface area contributed by atoms with E-state index in [0.717, 1.165) is 0 Å². The van der Waals surface area contributed by atoms with Gasteiger partial charge in [-0.05, 0) is 22.3 Å². The molecule has 1 aromatic carbocycles. The lowest BCUT2D eigenvalue weighted by Gasteiger charge is -2.44. The Balaban J connectivity index is 2.51. The summed E-state index contributed by atoms with van der Waals surface area (Å²) in [5.41, 5.74) is -6.77. The van der Waals surface area contributed by atoms with Crippen molar-refractivity contribution in [1.29, 1.82) is 21.0 Å². The average Bonchev–Trinajstić information content (AvgIpc) is 2.87. The maximum Gasteiger partial charge on any atom is 0.660 e. The van der Waals surface area contributed by atoms with Gasteiger partial charge in [0.15, 0.2) is 10.8 Å². The number of benzene rings is 1. The van der Waals surface area contributed by atoms with Crippen LogP contribution >= 0.6 is 63.7 Å². The summed E-state index contributed by atoms with van der Waals surface area (Å²) in [5.74, 6) is 0. The van der Waals surface area contributed by atoms with E-state index in [1.807, 2.05) is 24.3 Å². The van der Waals surface area contributed by atoms with Crippen LogP contribution in [-0.2, 0) is 0 Å². The molecule has 0 heterocycles. The Kier molecular flexibility index (Phi) is 6.32. The zero-order chi connectivity index (χ0) is 25.7. The van der Waals surface area contributed by atoms with Gasteiger partial charge in [-0.3, -0.25) is 0 Å². The topological polar surface area (TPSA) is 113 Å². The van der Waals surface area contributed by atoms with Crippen molar-refractivity contribution in [3.8, 4) is 24.3 Å². The summed E-state index contributed by atoms with van der Waals surface area (Å²) >= 11 is 13.5. The SMILES string of the molecule is [C-]#[N+]C1([N+]#[C-])[C@H](Br)c2cc3c(cc2[C@H](Br)C1([N+]#[C-])[N+]#[C-])[C@H](Br)C(C#N)(C#N)C(C#N)(C#N)[C@@H]3Br. The van der Waals surface area contributed by atoms with Gasteiger partial charge in [-0.1, -0.05) is 75.9 Å². The second kappa shape index (κ2) is 8.37. The van der Waals surface area contributed by atoms with E-state index in [0.29, 0.717) is 22.3 Å². The third kappa shape index (κ3) is 2.53. The van der Waals surface area contributed by atoms with Crippen molar-refractivity contribution < 1.29 is 0 Å². The first-order valence-electron chi connectivity index (χ1n) is 9.02. The van der Waals surface area contributed by atoms with Crippen LogP contribution in [0.25, 0.3) is 19.4 Å². The van der Waals surface area contributed by atoms with E-state index in [9.17, 15) is 21.0 Å². The Labute approximate surface area is 229 Å². The monoisotopic (exact) mass is 698 g/mol. The number of rotatable bonds is 0. The molecular formula is C22H6Br4N8. The van der Waals surface area contributed by atoms with Gasteiger partial charge in [-0.25, -0.2) is 45.7 Å². The quantitative estimate of drug-likeness (QED) is 0.224. The summed E-state index contributed by atoms with van der Waals surface area (Å²) in [6, 6.07) is 10.7. The van der Waals surface area contributed by atoms with Crippen LogP contribution in [0.2, 0.25) is 0 Å². The largest absolute Gasteiger partial charge is 0.660 e. The molecule has 0 bridgehead atoms. The smallest absolute Gasteiger partial charge is 0.224 e. The van der Waals surface area contributed by atoms with Gasteiger partial charge < -0.3 is 0 Å². The fourth-order valence-corrected chi connectivity index (χ4v) is 8.26. The van der Waals surface area contributed by atoms with Crippen molar-refractivity contribution >= 4 is 63.7 Å². The fourth-order valence-electron chi connectivity index (χ4n) is 4.45. The number of halogens is 4. The Morgan fingerprint density at radius 2 is 0.794 bits per heavy atom. The molecule has 0 saturated heterocycles. The van der Waals surface area contributed by atoms with Crippen molar-refractivity contribution in [3.63, 3.8) is 0 Å². The van der Waals surface area contributed by atoms with Crippen LogP contribution in [-0.4, -0.2) is 11.3 Å². The highest BCUT2D eigenvalue weighted by atomic mass is 79.9. The number of hydrogen-bond donors (Lipinski definition) is 0. The molecule has 2 aliphatic carbocycles. The number of hydrogen-bond acceptors (Lipinski definition) is 4. The molecule has 8 nitrogen and oxygen atoms in total. The third-order valence-corrected chi connectivity index (χ3v) is 11.0. The molecule has 0 fully saturated rings. The first-order valence-corrected chi connectivity index (χ1v) is 12.7. The van der Waals surface area contributed by atoms with Crippen LogP contribution in [0.15, 0.2) is 12.1 Å². The molecule has 34 heavy (non-hydrogen) atoms. The van der Waals surface area contributed by atoms with Crippen molar-refractivity contribution in [2.45, 2.75) is 30.6 Å². The van der Waals surface area contributed by atoms with E-state index in [1.165, 1.54) is 0 Å². The van der Waals surface area contributed by atoms with Crippen LogP contribution in [0.3, 0.4) is 0 Å². The number of nitrogens with zero attached hydrogens (tertiary/aromatic N) is 8. The van der Waals surface area contributed by atoms with E-state index in [2.05, 4.69) is 83.1 Å². The van der Waals surface area contributed by atoms with Crippen molar-refractivity contribution in [3.05, 3.63) is 80.1 Å². The molecule has 0 aliphatic heterocycles. The predicted octanol–water partition coefficient (Wildman–Crippen LogP) is 6.59. The summed E-state index contributed by atoms with van der Waals surface area (Å²) in [5, 5.41) is 40.0. The van der Waals surface area contributed by atoms with Gasteiger partial charge >= 0.3 is 11.3 Å². The molecule has 0 unspecified atom stereocenters. The van der Waals surface area contributed by atoms with Gasteiger partial charge in [0.2, 0.25) is 9.65 Å². The number of alkyl halides is 4. The normalized spacial score (nSPS) is 28.1. The molecular weight excluding hydrogens is 696 g/mol. The minimum Gasteiger partial charge on any atom is -0.224 e. The highest BCUT2D eigenvalue weighted by molar-refractivity contribution is 9.10. The van der Waals surface area contributed by atoms with Gasteiger partial charge in [0.25, 0.3) is 0 Å². The minimum atomic E-state index is -2.12. The third-order valence-electron chi connectivity index (χ3n) is 6.40. The Hall–Kier alpha value is -2.94. The van der Waals surface area contributed by atoms with Crippen LogP contribution in [0.1, 0.15) is 41.6 Å². The fraction of sp³-hybridized carbons (Fsp3) is 0.364. The van der Waals surface area contributed by atoms with Crippen molar-refractivity contribution in [2.75, 3.05) is 0 Å². The Morgan fingerprint density at radius 3 is 1.00 bits per heavy atom. The number of nitriles is 4. The highest BCUT2D eigenvalue weighted by Crippen LogP contribution is 2.67. The molecule has 2 aliphatic rings. The molecule has 0 saturated carbocycles. The average molecular weight is 702 g/mol. The van der Waals surface area contributed by atoms with E-state index in [4.69, 9.17) is 26.3 Å². The Morgan fingerprint density at radius 1 is 0.559 bits per heavy atom. The molecule has 0 radical (unpaired) electrons. The van der Waals surface area contributed by atoms with E-state index < -0.39 is 41.5 Å². The molecule has 4 atom stereocenters. The highest BCUT2D eigenvalue weighted by Gasteiger charge is 2.90. The molecule has 0 N–H and O–H groups in total. The molecule has 12 heteroatoms. The van der Waals surface area contributed by atoms with Crippen molar-refractivity contribution in [1.82, 2.24) is 0 Å². The maximum atomic E-state index is 9.99. The zero-order valence-corrected chi connectivity index (χ0v) is 22.9. The Bertz CT molecular complexity index is 1190. The summed E-state index contributed by atoms with van der Waals surface area (Å²) in [7, 11) is 0. The van der Waals surface area contributed by atoms with Gasteiger partial charge in [0, 0.05) is 0 Å². The predicted molar refractivity (Wildman–Crippen MR) is 132 cm³/mol. The molecule has 3 rings (SSSR count). The molecule has 1 aromatic rings. The van der Waals surface area contributed by atoms with Crippen LogP contribution in [0.5, 0.6) is 0 Å². The van der Waals surface area contributed by atoms with Crippen LogP contribution in [0, 0.1) is 82.4 Å². The summed E-state index contributed by atoms with van der Waals surface area (Å²) in [6.07, 6.45) is 0. The lowest BCUT2D eigenvalue weighted by molar-refractivity contribution is 0.269. The second-order valence-corrected chi connectivity index (χ2v) is 11.2. The summed E-state index contributed by atoms with van der Waals surface area (Å²) < 4.78 is 0. The number of fused-ring (bicyclic) bond motifs is 2. The molecule has 162 valence electrons. The summed E-state index contributed by atoms with van der Waals surface area (Å²) in [6.45, 7) is 31.0. The lowest BCUT2D eigenvalue weighted by Crippen LogP contribution is -2.54. The molecule has 0 amide bonds. The molecule has 0 aromatic heterocycles. The van der Waals surface area contributed by atoms with Gasteiger partial charge in [-0.2, -0.15) is 21.0 Å². The van der Waals surface area contributed by atoms with Crippen LogP contribution < -0.4 is 0 Å². The van der Waals surface area contributed by atoms with Gasteiger partial charge in [-0.15, -0.1) is 0 Å². The second-order valence-electron chi connectivity index (χ2n) is 7.52. The minimum absolute atomic E-state index is 0.413. The van der Waals surface area contributed by atoms with Crippen LogP contribution in [0.4, 0.5) is 0 Å². The van der Waals surface area contributed by atoms with Crippen molar-refractivity contribution in [2.24, 2.45) is 10.8 Å². The lowest BCUT2D eigenvalue weighted by atomic mass is 9.56. The van der Waals surface area contributed by atoms with Gasteiger partial charge in [0.05, 0.1) is 33.9 Å².